The number of amides is 2. The lowest BCUT2D eigenvalue weighted by molar-refractivity contribution is -0.125. The van der Waals surface area contributed by atoms with E-state index in [9.17, 15) is 9.59 Å². The van der Waals surface area contributed by atoms with Gasteiger partial charge >= 0.3 is 0 Å². The quantitative estimate of drug-likeness (QED) is 0.694. The Bertz CT molecular complexity index is 699. The van der Waals surface area contributed by atoms with Crippen molar-refractivity contribution in [1.82, 2.24) is 15.1 Å². The first-order valence-corrected chi connectivity index (χ1v) is 11.7. The molecule has 2 unspecified atom stereocenters. The van der Waals surface area contributed by atoms with Crippen LogP contribution in [0.15, 0.2) is 28.7 Å². The molecule has 2 saturated heterocycles. The third-order valence-corrected chi connectivity index (χ3v) is 6.98. The van der Waals surface area contributed by atoms with Gasteiger partial charge in [0.1, 0.15) is 6.04 Å². The summed E-state index contributed by atoms with van der Waals surface area (Å²) in [6.07, 6.45) is 4.07. The van der Waals surface area contributed by atoms with Gasteiger partial charge in [-0.1, -0.05) is 36.7 Å². The van der Waals surface area contributed by atoms with Gasteiger partial charge in [0.25, 0.3) is 5.91 Å². The first-order valence-electron chi connectivity index (χ1n) is 10.9. The van der Waals surface area contributed by atoms with Crippen LogP contribution in [-0.4, -0.2) is 59.9 Å². The molecule has 2 aliphatic heterocycles. The van der Waals surface area contributed by atoms with E-state index < -0.39 is 0 Å². The van der Waals surface area contributed by atoms with E-state index in [2.05, 4.69) is 46.9 Å². The zero-order valence-electron chi connectivity index (χ0n) is 17.9. The molecule has 2 fully saturated rings. The maximum Gasteiger partial charge on any atom is 0.254 e. The van der Waals surface area contributed by atoms with Gasteiger partial charge in [0.05, 0.1) is 0 Å². The number of halogens is 1. The van der Waals surface area contributed by atoms with Gasteiger partial charge < -0.3 is 10.2 Å². The molecule has 0 aliphatic carbocycles. The van der Waals surface area contributed by atoms with Crippen molar-refractivity contribution < 1.29 is 9.59 Å². The van der Waals surface area contributed by atoms with Gasteiger partial charge in [0.15, 0.2) is 0 Å². The van der Waals surface area contributed by atoms with E-state index in [1.54, 1.807) is 4.90 Å². The van der Waals surface area contributed by atoms with Crippen LogP contribution in [0.5, 0.6) is 0 Å². The Kier molecular flexibility index (Phi) is 7.74. The van der Waals surface area contributed by atoms with Crippen LogP contribution >= 0.6 is 15.9 Å². The molecule has 160 valence electrons. The predicted molar refractivity (Wildman–Crippen MR) is 120 cm³/mol. The summed E-state index contributed by atoms with van der Waals surface area (Å²) in [5.41, 5.74) is 0.635. The number of hydrogen-bond donors (Lipinski definition) is 1. The van der Waals surface area contributed by atoms with Gasteiger partial charge in [-0.05, 0) is 74.9 Å². The molecule has 0 radical (unpaired) electrons. The minimum atomic E-state index is -0.361. The molecule has 2 atom stereocenters. The number of nitrogens with zero attached hydrogens (tertiary/aromatic N) is 2. The highest BCUT2D eigenvalue weighted by atomic mass is 79.9. The molecule has 5 nitrogen and oxygen atoms in total. The Morgan fingerprint density at radius 1 is 1.10 bits per heavy atom. The Balaban J connectivity index is 1.59. The van der Waals surface area contributed by atoms with Crippen molar-refractivity contribution in [3.63, 3.8) is 0 Å². The highest BCUT2D eigenvalue weighted by Gasteiger charge is 2.35. The van der Waals surface area contributed by atoms with Gasteiger partial charge in [0, 0.05) is 29.2 Å². The van der Waals surface area contributed by atoms with E-state index in [4.69, 9.17) is 0 Å². The van der Waals surface area contributed by atoms with Crippen LogP contribution in [0.2, 0.25) is 0 Å². The molecule has 1 N–H and O–H groups in total. The number of piperidine rings is 1. The van der Waals surface area contributed by atoms with Gasteiger partial charge in [-0.15, -0.1) is 0 Å². The lowest BCUT2D eigenvalue weighted by Crippen LogP contribution is -2.52. The molecule has 2 amide bonds. The van der Waals surface area contributed by atoms with Crippen LogP contribution in [0.1, 0.15) is 56.8 Å². The first kappa shape index (κ1) is 22.3. The molecular formula is C23H34BrN3O2. The van der Waals surface area contributed by atoms with Gasteiger partial charge in [-0.25, -0.2) is 0 Å². The third kappa shape index (κ3) is 5.60. The molecule has 1 aromatic rings. The van der Waals surface area contributed by atoms with E-state index in [0.29, 0.717) is 30.6 Å². The van der Waals surface area contributed by atoms with E-state index in [1.807, 2.05) is 24.3 Å². The number of nitrogens with one attached hydrogen (secondary N) is 1. The maximum atomic E-state index is 13.0. The fraction of sp³-hybridized carbons (Fsp3) is 0.652. The smallest absolute Gasteiger partial charge is 0.254 e. The van der Waals surface area contributed by atoms with Crippen molar-refractivity contribution in [2.75, 3.05) is 26.2 Å². The average Bonchev–Trinajstić information content (AvgIpc) is 3.19. The molecular weight excluding hydrogens is 430 g/mol. The van der Waals surface area contributed by atoms with Crippen molar-refractivity contribution >= 4 is 27.7 Å². The maximum absolute atomic E-state index is 13.0. The minimum absolute atomic E-state index is 0.0102. The van der Waals surface area contributed by atoms with Gasteiger partial charge in [-0.2, -0.15) is 0 Å². The van der Waals surface area contributed by atoms with Gasteiger partial charge in [-0.3, -0.25) is 14.5 Å². The van der Waals surface area contributed by atoms with Crippen LogP contribution in [-0.2, 0) is 4.79 Å². The summed E-state index contributed by atoms with van der Waals surface area (Å²) >= 11 is 3.40. The second kappa shape index (κ2) is 10.1. The fourth-order valence-electron chi connectivity index (χ4n) is 4.51. The fourth-order valence-corrected chi connectivity index (χ4v) is 4.77. The number of carbonyl (C=O) groups is 2. The van der Waals surface area contributed by atoms with Crippen molar-refractivity contribution in [3.8, 4) is 0 Å². The summed E-state index contributed by atoms with van der Waals surface area (Å²) in [6, 6.07) is 7.34. The minimum Gasteiger partial charge on any atom is -0.353 e. The summed E-state index contributed by atoms with van der Waals surface area (Å²) in [4.78, 5) is 30.2. The molecule has 0 bridgehead atoms. The molecule has 2 heterocycles. The number of rotatable bonds is 6. The molecule has 29 heavy (non-hydrogen) atoms. The summed E-state index contributed by atoms with van der Waals surface area (Å²) < 4.78 is 0.941. The number of carbonyl (C=O) groups excluding carboxylic acids is 2. The largest absolute Gasteiger partial charge is 0.353 e. The molecule has 3 rings (SSSR count). The predicted octanol–water partition coefficient (Wildman–Crippen LogP) is 3.93. The normalized spacial score (nSPS) is 22.1. The van der Waals surface area contributed by atoms with Gasteiger partial charge in [0.2, 0.25) is 5.91 Å². The standard InChI is InChI=1S/C23H34BrN3O2/c1-16(2)21(26-13-10-17(3)11-14-26)15-25-22(28)20-5-4-12-27(20)23(29)18-6-8-19(24)9-7-18/h6-9,16-17,20-21H,4-5,10-15H2,1-3H3,(H,25,28). The molecule has 0 spiro atoms. The Hall–Kier alpha value is -1.40. The monoisotopic (exact) mass is 463 g/mol. The van der Waals surface area contributed by atoms with E-state index >= 15 is 0 Å². The van der Waals surface area contributed by atoms with E-state index in [0.717, 1.165) is 36.3 Å². The van der Waals surface area contributed by atoms with Crippen LogP contribution in [0.4, 0.5) is 0 Å². The van der Waals surface area contributed by atoms with Crippen LogP contribution in [0, 0.1) is 11.8 Å². The van der Waals surface area contributed by atoms with Crippen LogP contribution < -0.4 is 5.32 Å². The lowest BCUT2D eigenvalue weighted by Gasteiger charge is -2.39. The summed E-state index contributed by atoms with van der Waals surface area (Å²) in [5, 5.41) is 3.18. The summed E-state index contributed by atoms with van der Waals surface area (Å²) in [7, 11) is 0. The first-order chi connectivity index (χ1) is 13.9. The summed E-state index contributed by atoms with van der Waals surface area (Å²) in [6.45, 7) is 10.3. The SMILES string of the molecule is CC1CCN(C(CNC(=O)C2CCCN2C(=O)c2ccc(Br)cc2)C(C)C)CC1. The zero-order chi connectivity index (χ0) is 21.0. The Labute approximate surface area is 183 Å². The second-order valence-corrected chi connectivity index (χ2v) is 9.85. The lowest BCUT2D eigenvalue weighted by atomic mass is 9.94. The molecule has 0 saturated carbocycles. The highest BCUT2D eigenvalue weighted by Crippen LogP contribution is 2.23. The number of likely N-dealkylation sites (tertiary alicyclic amines) is 2. The average molecular weight is 464 g/mol. The van der Waals surface area contributed by atoms with Crippen molar-refractivity contribution in [2.45, 2.75) is 58.5 Å². The van der Waals surface area contributed by atoms with Crippen LogP contribution in [0.3, 0.4) is 0 Å². The van der Waals surface area contributed by atoms with E-state index in [1.165, 1.54) is 12.8 Å². The van der Waals surface area contributed by atoms with E-state index in [-0.39, 0.29) is 17.9 Å². The Morgan fingerprint density at radius 3 is 2.38 bits per heavy atom. The zero-order valence-corrected chi connectivity index (χ0v) is 19.5. The topological polar surface area (TPSA) is 52.7 Å². The number of hydrogen-bond acceptors (Lipinski definition) is 3. The van der Waals surface area contributed by atoms with Crippen molar-refractivity contribution in [3.05, 3.63) is 34.3 Å². The number of benzene rings is 1. The van der Waals surface area contributed by atoms with Crippen molar-refractivity contribution in [1.29, 1.82) is 0 Å². The molecule has 0 aromatic heterocycles. The third-order valence-electron chi connectivity index (χ3n) is 6.45. The Morgan fingerprint density at radius 2 is 1.76 bits per heavy atom. The summed E-state index contributed by atoms with van der Waals surface area (Å²) in [5.74, 6) is 1.21. The van der Waals surface area contributed by atoms with Crippen LogP contribution in [0.25, 0.3) is 0 Å². The molecule has 6 heteroatoms. The molecule has 1 aromatic carbocycles. The highest BCUT2D eigenvalue weighted by molar-refractivity contribution is 9.10. The second-order valence-electron chi connectivity index (χ2n) is 8.94. The molecule has 2 aliphatic rings. The van der Waals surface area contributed by atoms with Crippen molar-refractivity contribution in [2.24, 2.45) is 11.8 Å².